The number of hydrogen-bond acceptors (Lipinski definition) is 8. The van der Waals surface area contributed by atoms with E-state index in [1.54, 1.807) is 0 Å². The zero-order valence-corrected chi connectivity index (χ0v) is 17.2. The van der Waals surface area contributed by atoms with Crippen molar-refractivity contribution >= 4 is 11.8 Å². The first-order valence-electron chi connectivity index (χ1n) is 10.2. The number of hydrogen-bond donors (Lipinski definition) is 1. The molecule has 8 nitrogen and oxygen atoms in total. The maximum atomic E-state index is 13.7. The fraction of sp³-hybridized carbons (Fsp3) is 0.550. The number of nitrogens with zero attached hydrogens (tertiary/aromatic N) is 5. The average molecular weight is 438 g/mol. The molecule has 2 fully saturated rings. The smallest absolute Gasteiger partial charge is 0.417 e. The van der Waals surface area contributed by atoms with Crippen LogP contribution in [0.5, 0.6) is 5.88 Å². The highest BCUT2D eigenvalue weighted by Gasteiger charge is 2.35. The quantitative estimate of drug-likeness (QED) is 0.779. The van der Waals surface area contributed by atoms with Gasteiger partial charge in [-0.25, -0.2) is 9.97 Å². The Morgan fingerprint density at radius 3 is 2.48 bits per heavy atom. The fourth-order valence-corrected chi connectivity index (χ4v) is 3.70. The van der Waals surface area contributed by atoms with Crippen LogP contribution in [-0.2, 0) is 10.9 Å². The van der Waals surface area contributed by atoms with E-state index in [1.165, 1.54) is 6.07 Å². The molecule has 2 aliphatic heterocycles. The minimum Gasteiger partial charge on any atom is -0.474 e. The van der Waals surface area contributed by atoms with Gasteiger partial charge in [0.25, 0.3) is 0 Å². The predicted octanol–water partition coefficient (Wildman–Crippen LogP) is 2.45. The Kier molecular flexibility index (Phi) is 6.15. The first kappa shape index (κ1) is 21.6. The number of nitrogens with two attached hydrogens (primary N) is 1. The molecule has 2 aromatic heterocycles. The molecule has 2 aliphatic rings. The van der Waals surface area contributed by atoms with Gasteiger partial charge in [0, 0.05) is 44.0 Å². The van der Waals surface area contributed by atoms with Crippen LogP contribution in [0.1, 0.15) is 18.4 Å². The van der Waals surface area contributed by atoms with Crippen molar-refractivity contribution in [1.82, 2.24) is 19.9 Å². The summed E-state index contributed by atoms with van der Waals surface area (Å²) in [6, 6.07) is 2.27. The summed E-state index contributed by atoms with van der Waals surface area (Å²) >= 11 is 0. The van der Waals surface area contributed by atoms with Crippen molar-refractivity contribution in [2.75, 3.05) is 57.1 Å². The summed E-state index contributed by atoms with van der Waals surface area (Å²) in [4.78, 5) is 16.9. The minimum atomic E-state index is -4.61. The van der Waals surface area contributed by atoms with Crippen molar-refractivity contribution in [2.24, 2.45) is 0 Å². The molecule has 2 aromatic rings. The topological polar surface area (TPSA) is 89.6 Å². The van der Waals surface area contributed by atoms with Crippen molar-refractivity contribution in [3.63, 3.8) is 0 Å². The number of nitrogen functional groups attached to an aromatic ring is 1. The molecule has 2 N–H and O–H groups in total. The first-order valence-corrected chi connectivity index (χ1v) is 10.2. The molecule has 168 valence electrons. The molecular weight excluding hydrogens is 413 g/mol. The maximum absolute atomic E-state index is 13.7. The van der Waals surface area contributed by atoms with E-state index < -0.39 is 11.7 Å². The molecule has 11 heteroatoms. The Labute approximate surface area is 178 Å². The Bertz CT molecular complexity index is 912. The normalized spacial score (nSPS) is 18.9. The number of morpholine rings is 1. The lowest BCUT2D eigenvalue weighted by Gasteiger charge is -2.30. The number of alkyl halides is 3. The van der Waals surface area contributed by atoms with Gasteiger partial charge in [-0.3, -0.25) is 0 Å². The van der Waals surface area contributed by atoms with Crippen LogP contribution < -0.4 is 15.4 Å². The SMILES string of the molecule is CN1CCC(Oc2cc(-c3cnc(N)cc3C(F)(F)F)nc(N3CCOCC3)n2)CC1. The van der Waals surface area contributed by atoms with E-state index in [2.05, 4.69) is 19.9 Å². The Morgan fingerprint density at radius 1 is 1.10 bits per heavy atom. The summed E-state index contributed by atoms with van der Waals surface area (Å²) in [7, 11) is 2.04. The summed E-state index contributed by atoms with van der Waals surface area (Å²) < 4.78 is 52.5. The molecule has 0 saturated carbocycles. The molecule has 4 heterocycles. The van der Waals surface area contributed by atoms with Crippen LogP contribution in [0.2, 0.25) is 0 Å². The molecule has 0 unspecified atom stereocenters. The van der Waals surface area contributed by atoms with Crippen molar-refractivity contribution in [1.29, 1.82) is 0 Å². The van der Waals surface area contributed by atoms with Crippen LogP contribution in [0.25, 0.3) is 11.3 Å². The van der Waals surface area contributed by atoms with Crippen LogP contribution in [0.15, 0.2) is 18.3 Å². The van der Waals surface area contributed by atoms with Gasteiger partial charge in [0.1, 0.15) is 11.9 Å². The van der Waals surface area contributed by atoms with Gasteiger partial charge >= 0.3 is 6.18 Å². The zero-order chi connectivity index (χ0) is 22.0. The second-order valence-corrected chi connectivity index (χ2v) is 7.76. The highest BCUT2D eigenvalue weighted by Crippen LogP contribution is 2.38. The Hall–Kier alpha value is -2.66. The Morgan fingerprint density at radius 2 is 1.81 bits per heavy atom. The zero-order valence-electron chi connectivity index (χ0n) is 17.2. The van der Waals surface area contributed by atoms with E-state index in [0.29, 0.717) is 32.3 Å². The molecule has 31 heavy (non-hydrogen) atoms. The van der Waals surface area contributed by atoms with Crippen molar-refractivity contribution in [2.45, 2.75) is 25.1 Å². The van der Waals surface area contributed by atoms with E-state index in [-0.39, 0.29) is 29.1 Å². The van der Waals surface area contributed by atoms with Gasteiger partial charge in [0.05, 0.1) is 24.5 Å². The maximum Gasteiger partial charge on any atom is 0.417 e. The molecule has 0 bridgehead atoms. The summed E-state index contributed by atoms with van der Waals surface area (Å²) in [5.41, 5.74) is 4.56. The van der Waals surface area contributed by atoms with Gasteiger partial charge < -0.3 is 25.0 Å². The van der Waals surface area contributed by atoms with Crippen LogP contribution >= 0.6 is 0 Å². The van der Waals surface area contributed by atoms with Crippen molar-refractivity contribution in [3.8, 4) is 17.1 Å². The van der Waals surface area contributed by atoms with Gasteiger partial charge in [-0.2, -0.15) is 18.2 Å². The lowest BCUT2D eigenvalue weighted by molar-refractivity contribution is -0.137. The van der Waals surface area contributed by atoms with Gasteiger partial charge in [-0.1, -0.05) is 0 Å². The number of likely N-dealkylation sites (tertiary alicyclic amines) is 1. The molecule has 0 aromatic carbocycles. The van der Waals surface area contributed by atoms with E-state index in [0.717, 1.165) is 38.2 Å². The van der Waals surface area contributed by atoms with Crippen LogP contribution in [-0.4, -0.2) is 72.4 Å². The van der Waals surface area contributed by atoms with E-state index in [9.17, 15) is 13.2 Å². The number of aromatic nitrogens is 3. The molecule has 0 spiro atoms. The molecule has 0 atom stereocenters. The molecular formula is C20H25F3N6O2. The number of rotatable bonds is 4. The Balaban J connectivity index is 1.73. The average Bonchev–Trinajstić information content (AvgIpc) is 2.75. The highest BCUT2D eigenvalue weighted by atomic mass is 19.4. The van der Waals surface area contributed by atoms with Crippen LogP contribution in [0.3, 0.4) is 0 Å². The highest BCUT2D eigenvalue weighted by molar-refractivity contribution is 5.67. The van der Waals surface area contributed by atoms with Gasteiger partial charge in [-0.15, -0.1) is 0 Å². The van der Waals surface area contributed by atoms with Crippen LogP contribution in [0.4, 0.5) is 24.9 Å². The van der Waals surface area contributed by atoms with E-state index in [4.69, 9.17) is 15.2 Å². The van der Waals surface area contributed by atoms with Gasteiger partial charge in [-0.05, 0) is 26.0 Å². The summed E-state index contributed by atoms with van der Waals surface area (Å²) in [5, 5.41) is 0. The lowest BCUT2D eigenvalue weighted by Crippen LogP contribution is -2.38. The number of pyridine rings is 1. The number of halogens is 3. The molecule has 4 rings (SSSR count). The molecule has 0 amide bonds. The van der Waals surface area contributed by atoms with E-state index in [1.807, 2.05) is 11.9 Å². The third-order valence-electron chi connectivity index (χ3n) is 5.44. The van der Waals surface area contributed by atoms with Crippen molar-refractivity contribution in [3.05, 3.63) is 23.9 Å². The number of piperidine rings is 1. The second kappa shape index (κ2) is 8.83. The molecule has 0 radical (unpaired) electrons. The van der Waals surface area contributed by atoms with Gasteiger partial charge in [0.15, 0.2) is 0 Å². The summed E-state index contributed by atoms with van der Waals surface area (Å²) in [6.45, 7) is 3.86. The summed E-state index contributed by atoms with van der Waals surface area (Å²) in [6.07, 6.45) is -1.92. The second-order valence-electron chi connectivity index (χ2n) is 7.76. The third kappa shape index (κ3) is 5.16. The standard InChI is InChI=1S/C20H25F3N6O2/c1-28-4-2-13(3-5-28)31-18-11-16(26-19(27-18)29-6-8-30-9-7-29)14-12-25-17(24)10-15(14)20(21,22)23/h10-13H,2-9H2,1H3,(H2,24,25). The molecule has 0 aliphatic carbocycles. The molecule has 2 saturated heterocycles. The summed E-state index contributed by atoms with van der Waals surface area (Å²) in [5.74, 6) is 0.362. The lowest BCUT2D eigenvalue weighted by atomic mass is 10.1. The van der Waals surface area contributed by atoms with Crippen LogP contribution in [0, 0.1) is 0 Å². The van der Waals surface area contributed by atoms with Crippen molar-refractivity contribution < 1.29 is 22.6 Å². The predicted molar refractivity (Wildman–Crippen MR) is 109 cm³/mol. The first-order chi connectivity index (χ1) is 14.8. The largest absolute Gasteiger partial charge is 0.474 e. The van der Waals surface area contributed by atoms with Gasteiger partial charge in [0.2, 0.25) is 11.8 Å². The number of anilines is 2. The third-order valence-corrected chi connectivity index (χ3v) is 5.44. The monoisotopic (exact) mass is 438 g/mol. The minimum absolute atomic E-state index is 0.0527. The fourth-order valence-electron chi connectivity index (χ4n) is 3.70. The number of ether oxygens (including phenoxy) is 2. The van der Waals surface area contributed by atoms with E-state index >= 15 is 0 Å².